The number of aliphatic hydroxyl groups excluding tert-OH is 1. The first kappa shape index (κ1) is 11.1. The van der Waals surface area contributed by atoms with Gasteiger partial charge in [-0.2, -0.15) is 4.98 Å². The van der Waals surface area contributed by atoms with Crippen LogP contribution in [0.4, 0.5) is 0 Å². The average molecular weight is 239 g/mol. The van der Waals surface area contributed by atoms with Crippen LogP contribution in [0.2, 0.25) is 5.02 Å². The van der Waals surface area contributed by atoms with Gasteiger partial charge in [0.25, 0.3) is 5.89 Å². The van der Waals surface area contributed by atoms with Crippen molar-refractivity contribution in [3.05, 3.63) is 34.6 Å². The molecule has 16 heavy (non-hydrogen) atoms. The van der Waals surface area contributed by atoms with Gasteiger partial charge in [-0.05, 0) is 31.5 Å². The fourth-order valence-electron chi connectivity index (χ4n) is 1.25. The van der Waals surface area contributed by atoms with Crippen LogP contribution in [-0.2, 0) is 0 Å². The van der Waals surface area contributed by atoms with Gasteiger partial charge in [-0.25, -0.2) is 0 Å². The molecule has 1 unspecified atom stereocenters. The van der Waals surface area contributed by atoms with Crippen molar-refractivity contribution in [1.82, 2.24) is 10.1 Å². The van der Waals surface area contributed by atoms with Crippen molar-refractivity contribution >= 4 is 11.6 Å². The van der Waals surface area contributed by atoms with E-state index in [0.29, 0.717) is 10.9 Å². The summed E-state index contributed by atoms with van der Waals surface area (Å²) in [6.07, 6.45) is -0.738. The van der Waals surface area contributed by atoms with Gasteiger partial charge in [-0.1, -0.05) is 22.8 Å². The van der Waals surface area contributed by atoms with Gasteiger partial charge in [-0.3, -0.25) is 0 Å². The third-order valence-corrected chi connectivity index (χ3v) is 2.64. The van der Waals surface area contributed by atoms with E-state index in [1.165, 1.54) is 0 Å². The zero-order chi connectivity index (χ0) is 11.7. The van der Waals surface area contributed by atoms with Crippen LogP contribution >= 0.6 is 11.6 Å². The van der Waals surface area contributed by atoms with Crippen LogP contribution in [0.15, 0.2) is 22.7 Å². The fraction of sp³-hybridized carbons (Fsp3) is 0.273. The number of nitrogens with zero attached hydrogens (tertiary/aromatic N) is 2. The van der Waals surface area contributed by atoms with E-state index in [0.717, 1.165) is 11.1 Å². The Morgan fingerprint density at radius 3 is 2.75 bits per heavy atom. The van der Waals surface area contributed by atoms with Crippen LogP contribution in [0, 0.1) is 6.92 Å². The Kier molecular flexibility index (Phi) is 2.94. The quantitative estimate of drug-likeness (QED) is 0.874. The van der Waals surface area contributed by atoms with Crippen molar-refractivity contribution in [3.63, 3.8) is 0 Å². The van der Waals surface area contributed by atoms with Crippen LogP contribution in [-0.4, -0.2) is 15.2 Å². The number of halogens is 1. The molecule has 1 heterocycles. The SMILES string of the molecule is Cc1ccc(-c2nc(C(C)O)no2)cc1Cl. The van der Waals surface area contributed by atoms with Crippen molar-refractivity contribution in [2.75, 3.05) is 0 Å². The van der Waals surface area contributed by atoms with Gasteiger partial charge in [0.1, 0.15) is 6.10 Å². The van der Waals surface area contributed by atoms with Gasteiger partial charge in [0.15, 0.2) is 5.82 Å². The molecular weight excluding hydrogens is 228 g/mol. The summed E-state index contributed by atoms with van der Waals surface area (Å²) in [4.78, 5) is 4.06. The van der Waals surface area contributed by atoms with Crippen LogP contribution in [0.1, 0.15) is 24.4 Å². The van der Waals surface area contributed by atoms with Gasteiger partial charge in [-0.15, -0.1) is 0 Å². The van der Waals surface area contributed by atoms with Crippen molar-refractivity contribution in [2.24, 2.45) is 0 Å². The number of aryl methyl sites for hydroxylation is 1. The number of hydrogen-bond donors (Lipinski definition) is 1. The molecule has 0 aliphatic carbocycles. The van der Waals surface area contributed by atoms with Gasteiger partial charge in [0.2, 0.25) is 0 Å². The number of hydrogen-bond acceptors (Lipinski definition) is 4. The van der Waals surface area contributed by atoms with Gasteiger partial charge in [0, 0.05) is 10.6 Å². The van der Waals surface area contributed by atoms with Gasteiger partial charge < -0.3 is 9.63 Å². The highest BCUT2D eigenvalue weighted by Crippen LogP contribution is 2.24. The largest absolute Gasteiger partial charge is 0.385 e. The third kappa shape index (κ3) is 2.08. The van der Waals surface area contributed by atoms with Crippen LogP contribution in [0.3, 0.4) is 0 Å². The van der Waals surface area contributed by atoms with E-state index in [9.17, 15) is 5.11 Å². The molecular formula is C11H11ClN2O2. The molecule has 0 fully saturated rings. The molecule has 2 rings (SSSR count). The van der Waals surface area contributed by atoms with Gasteiger partial charge >= 0.3 is 0 Å². The molecule has 2 aromatic rings. The van der Waals surface area contributed by atoms with E-state index < -0.39 is 6.10 Å². The molecule has 4 nitrogen and oxygen atoms in total. The summed E-state index contributed by atoms with van der Waals surface area (Å²) in [7, 11) is 0. The Bertz CT molecular complexity index is 508. The molecule has 0 radical (unpaired) electrons. The van der Waals surface area contributed by atoms with E-state index in [1.54, 1.807) is 13.0 Å². The zero-order valence-corrected chi connectivity index (χ0v) is 9.69. The molecule has 0 amide bonds. The number of benzene rings is 1. The van der Waals surface area contributed by atoms with Crippen LogP contribution < -0.4 is 0 Å². The van der Waals surface area contributed by atoms with Crippen molar-refractivity contribution in [1.29, 1.82) is 0 Å². The number of rotatable bonds is 2. The standard InChI is InChI=1S/C11H11ClN2O2/c1-6-3-4-8(5-9(6)12)11-13-10(7(2)15)14-16-11/h3-5,7,15H,1-2H3. The average Bonchev–Trinajstić information content (AvgIpc) is 2.71. The van der Waals surface area contributed by atoms with E-state index >= 15 is 0 Å². The lowest BCUT2D eigenvalue weighted by atomic mass is 10.1. The van der Waals surface area contributed by atoms with Crippen molar-refractivity contribution in [3.8, 4) is 11.5 Å². The molecule has 1 atom stereocenters. The number of aliphatic hydroxyl groups is 1. The fourth-order valence-corrected chi connectivity index (χ4v) is 1.43. The molecule has 5 heteroatoms. The second-order valence-electron chi connectivity index (χ2n) is 3.60. The second kappa shape index (κ2) is 4.23. The molecule has 0 aliphatic heterocycles. The maximum atomic E-state index is 9.27. The predicted molar refractivity (Wildman–Crippen MR) is 60.1 cm³/mol. The summed E-state index contributed by atoms with van der Waals surface area (Å²) < 4.78 is 5.03. The number of aromatic nitrogens is 2. The minimum absolute atomic E-state index is 0.270. The summed E-state index contributed by atoms with van der Waals surface area (Å²) in [5, 5.41) is 13.6. The molecule has 1 aromatic carbocycles. The first-order valence-corrected chi connectivity index (χ1v) is 5.24. The van der Waals surface area contributed by atoms with E-state index in [1.807, 2.05) is 19.1 Å². The van der Waals surface area contributed by atoms with E-state index in [2.05, 4.69) is 10.1 Å². The molecule has 0 aliphatic rings. The highest BCUT2D eigenvalue weighted by Gasteiger charge is 2.12. The monoisotopic (exact) mass is 238 g/mol. The minimum atomic E-state index is -0.738. The van der Waals surface area contributed by atoms with E-state index in [-0.39, 0.29) is 5.82 Å². The molecule has 1 aromatic heterocycles. The smallest absolute Gasteiger partial charge is 0.258 e. The molecule has 0 bridgehead atoms. The minimum Gasteiger partial charge on any atom is -0.385 e. The first-order chi connectivity index (χ1) is 7.58. The molecule has 1 N–H and O–H groups in total. The Morgan fingerprint density at radius 1 is 1.44 bits per heavy atom. The van der Waals surface area contributed by atoms with Crippen LogP contribution in [0.25, 0.3) is 11.5 Å². The lowest BCUT2D eigenvalue weighted by Gasteiger charge is -1.98. The maximum Gasteiger partial charge on any atom is 0.258 e. The molecule has 84 valence electrons. The molecule has 0 saturated heterocycles. The van der Waals surface area contributed by atoms with Crippen molar-refractivity contribution < 1.29 is 9.63 Å². The normalized spacial score (nSPS) is 12.8. The van der Waals surface area contributed by atoms with E-state index in [4.69, 9.17) is 16.1 Å². The van der Waals surface area contributed by atoms with Gasteiger partial charge in [0.05, 0.1) is 0 Å². The van der Waals surface area contributed by atoms with Crippen molar-refractivity contribution in [2.45, 2.75) is 20.0 Å². The summed E-state index contributed by atoms with van der Waals surface area (Å²) in [6, 6.07) is 5.49. The lowest BCUT2D eigenvalue weighted by molar-refractivity contribution is 0.184. The Balaban J connectivity index is 2.39. The summed E-state index contributed by atoms with van der Waals surface area (Å²) in [6.45, 7) is 3.50. The highest BCUT2D eigenvalue weighted by atomic mass is 35.5. The Morgan fingerprint density at radius 2 is 2.19 bits per heavy atom. The highest BCUT2D eigenvalue weighted by molar-refractivity contribution is 6.31. The topological polar surface area (TPSA) is 59.2 Å². The summed E-state index contributed by atoms with van der Waals surface area (Å²) in [5.41, 5.74) is 1.73. The third-order valence-electron chi connectivity index (χ3n) is 2.23. The molecule has 0 saturated carbocycles. The Labute approximate surface area is 97.9 Å². The first-order valence-electron chi connectivity index (χ1n) is 4.86. The molecule has 0 spiro atoms. The Hall–Kier alpha value is -1.39. The summed E-state index contributed by atoms with van der Waals surface area (Å²) in [5.74, 6) is 0.629. The maximum absolute atomic E-state index is 9.27. The second-order valence-corrected chi connectivity index (χ2v) is 4.00. The van der Waals surface area contributed by atoms with Crippen LogP contribution in [0.5, 0.6) is 0 Å². The lowest BCUT2D eigenvalue weighted by Crippen LogP contribution is -1.92. The predicted octanol–water partition coefficient (Wildman–Crippen LogP) is 2.75. The zero-order valence-electron chi connectivity index (χ0n) is 8.94. The summed E-state index contributed by atoms with van der Waals surface area (Å²) >= 11 is 5.99.